The number of hydrogen-bond donors (Lipinski definition) is 1. The Hall–Kier alpha value is -1.98. The van der Waals surface area contributed by atoms with Crippen molar-refractivity contribution in [1.29, 1.82) is 0 Å². The molecule has 0 saturated carbocycles. The Morgan fingerprint density at radius 1 is 1.09 bits per heavy atom. The lowest BCUT2D eigenvalue weighted by Crippen LogP contribution is -2.00. The minimum Gasteiger partial charge on any atom is -0.392 e. The number of aromatic nitrogens is 2. The van der Waals surface area contributed by atoms with E-state index < -0.39 is 10.8 Å². The lowest BCUT2D eigenvalue weighted by Gasteiger charge is -2.02. The first-order valence-electron chi connectivity index (χ1n) is 7.13. The average Bonchev–Trinajstić information content (AvgIpc) is 2.92. The Bertz CT molecular complexity index is 809. The fraction of sp³-hybridized carbons (Fsp3) is 0.235. The van der Waals surface area contributed by atoms with Crippen LogP contribution in [0, 0.1) is 6.92 Å². The third-order valence-corrected chi connectivity index (χ3v) is 4.86. The predicted octanol–water partition coefficient (Wildman–Crippen LogP) is 2.58. The van der Waals surface area contributed by atoms with E-state index in [1.807, 2.05) is 60.0 Å². The molecule has 2 aromatic heterocycles. The molecule has 0 saturated heterocycles. The molecule has 1 N–H and O–H groups in total. The summed E-state index contributed by atoms with van der Waals surface area (Å²) in [7, 11) is -1.00. The van der Waals surface area contributed by atoms with Gasteiger partial charge in [-0.25, -0.2) is 4.98 Å². The summed E-state index contributed by atoms with van der Waals surface area (Å²) in [4.78, 5) is 4.52. The molecule has 4 nitrogen and oxygen atoms in total. The van der Waals surface area contributed by atoms with Gasteiger partial charge in [0.05, 0.1) is 18.1 Å². The molecule has 0 aliphatic carbocycles. The predicted molar refractivity (Wildman–Crippen MR) is 87.8 cm³/mol. The van der Waals surface area contributed by atoms with Crippen molar-refractivity contribution in [3.63, 3.8) is 0 Å². The number of hydrogen-bond acceptors (Lipinski definition) is 3. The summed E-state index contributed by atoms with van der Waals surface area (Å²) < 4.78 is 14.3. The van der Waals surface area contributed by atoms with Gasteiger partial charge >= 0.3 is 0 Å². The largest absolute Gasteiger partial charge is 0.392 e. The highest BCUT2D eigenvalue weighted by Crippen LogP contribution is 2.13. The van der Waals surface area contributed by atoms with Crippen molar-refractivity contribution in [2.24, 2.45) is 0 Å². The van der Waals surface area contributed by atoms with Crippen LogP contribution in [0.25, 0.3) is 5.65 Å². The summed E-state index contributed by atoms with van der Waals surface area (Å²) in [5.74, 6) is 0.946. The van der Waals surface area contributed by atoms with Gasteiger partial charge in [-0.3, -0.25) is 4.21 Å². The smallest absolute Gasteiger partial charge is 0.137 e. The van der Waals surface area contributed by atoms with E-state index in [1.165, 1.54) is 0 Å². The van der Waals surface area contributed by atoms with Gasteiger partial charge in [-0.2, -0.15) is 0 Å². The van der Waals surface area contributed by atoms with Gasteiger partial charge in [-0.1, -0.05) is 30.3 Å². The lowest BCUT2D eigenvalue weighted by molar-refractivity contribution is 0.282. The Morgan fingerprint density at radius 2 is 1.82 bits per heavy atom. The van der Waals surface area contributed by atoms with E-state index in [0.29, 0.717) is 11.5 Å². The zero-order valence-electron chi connectivity index (χ0n) is 12.4. The topological polar surface area (TPSA) is 54.6 Å². The highest BCUT2D eigenvalue weighted by molar-refractivity contribution is 7.83. The zero-order chi connectivity index (χ0) is 15.5. The van der Waals surface area contributed by atoms with Crippen LogP contribution in [0.1, 0.15) is 22.5 Å². The molecule has 5 heteroatoms. The first kappa shape index (κ1) is 14.9. The minimum absolute atomic E-state index is 0.0317. The van der Waals surface area contributed by atoms with Crippen LogP contribution in [0.2, 0.25) is 0 Å². The standard InChI is InChI=1S/C17H18N2O2S/c1-13-3-2-4-17-18-16(9-19(13)17)12-22(21)11-15-7-5-14(10-20)6-8-15/h2-9,20H,10-12H2,1H3. The van der Waals surface area contributed by atoms with Crippen molar-refractivity contribution in [3.05, 3.63) is 71.2 Å². The van der Waals surface area contributed by atoms with Gasteiger partial charge in [0.1, 0.15) is 5.65 Å². The normalized spacial score (nSPS) is 12.6. The SMILES string of the molecule is Cc1cccc2nc(CS(=O)Cc3ccc(CO)cc3)cn12. The van der Waals surface area contributed by atoms with Gasteiger partial charge in [0.2, 0.25) is 0 Å². The van der Waals surface area contributed by atoms with Gasteiger partial charge in [-0.05, 0) is 30.2 Å². The number of nitrogens with zero attached hydrogens (tertiary/aromatic N) is 2. The number of aliphatic hydroxyl groups excluding tert-OH is 1. The average molecular weight is 314 g/mol. The molecular weight excluding hydrogens is 296 g/mol. The maximum Gasteiger partial charge on any atom is 0.137 e. The summed E-state index contributed by atoms with van der Waals surface area (Å²) in [5, 5.41) is 9.03. The van der Waals surface area contributed by atoms with E-state index >= 15 is 0 Å². The van der Waals surface area contributed by atoms with Crippen LogP contribution in [0.5, 0.6) is 0 Å². The van der Waals surface area contributed by atoms with Gasteiger partial charge in [0.15, 0.2) is 0 Å². The van der Waals surface area contributed by atoms with Crippen LogP contribution >= 0.6 is 0 Å². The van der Waals surface area contributed by atoms with Crippen LogP contribution in [-0.2, 0) is 28.9 Å². The number of imidazole rings is 1. The van der Waals surface area contributed by atoms with Crippen molar-refractivity contribution in [3.8, 4) is 0 Å². The number of aliphatic hydroxyl groups is 1. The first-order valence-corrected chi connectivity index (χ1v) is 8.62. The van der Waals surface area contributed by atoms with Crippen LogP contribution in [-0.4, -0.2) is 18.7 Å². The van der Waals surface area contributed by atoms with Crippen LogP contribution in [0.4, 0.5) is 0 Å². The van der Waals surface area contributed by atoms with Crippen molar-refractivity contribution >= 4 is 16.4 Å². The molecular formula is C17H18N2O2S. The summed E-state index contributed by atoms with van der Waals surface area (Å²) >= 11 is 0. The van der Waals surface area contributed by atoms with Crippen LogP contribution in [0.15, 0.2) is 48.7 Å². The molecule has 0 radical (unpaired) electrons. The lowest BCUT2D eigenvalue weighted by atomic mass is 10.2. The monoisotopic (exact) mass is 314 g/mol. The fourth-order valence-electron chi connectivity index (χ4n) is 2.41. The van der Waals surface area contributed by atoms with Gasteiger partial charge < -0.3 is 9.51 Å². The van der Waals surface area contributed by atoms with Gasteiger partial charge in [-0.15, -0.1) is 0 Å². The van der Waals surface area contributed by atoms with E-state index in [2.05, 4.69) is 4.98 Å². The second-order valence-electron chi connectivity index (χ2n) is 5.33. The molecule has 1 aromatic carbocycles. The van der Waals surface area contributed by atoms with Crippen molar-refractivity contribution in [1.82, 2.24) is 9.38 Å². The molecule has 114 valence electrons. The third kappa shape index (κ3) is 3.26. The zero-order valence-corrected chi connectivity index (χ0v) is 13.2. The third-order valence-electron chi connectivity index (χ3n) is 3.59. The van der Waals surface area contributed by atoms with Gasteiger partial charge in [0.25, 0.3) is 0 Å². The van der Waals surface area contributed by atoms with E-state index in [1.54, 1.807) is 0 Å². The quantitative estimate of drug-likeness (QED) is 0.787. The first-order chi connectivity index (χ1) is 10.7. The number of aryl methyl sites for hydroxylation is 1. The Labute approximate surface area is 131 Å². The summed E-state index contributed by atoms with van der Waals surface area (Å²) in [6, 6.07) is 13.5. The maximum absolute atomic E-state index is 12.3. The molecule has 3 aromatic rings. The molecule has 0 fully saturated rings. The molecule has 1 atom stereocenters. The van der Waals surface area contributed by atoms with E-state index in [-0.39, 0.29) is 6.61 Å². The minimum atomic E-state index is -1.00. The Morgan fingerprint density at radius 3 is 2.50 bits per heavy atom. The summed E-state index contributed by atoms with van der Waals surface area (Å²) in [5.41, 5.74) is 4.72. The second kappa shape index (κ2) is 6.42. The Kier molecular flexibility index (Phi) is 4.36. The van der Waals surface area contributed by atoms with Crippen LogP contribution in [0.3, 0.4) is 0 Å². The van der Waals surface area contributed by atoms with Crippen molar-refractivity contribution in [2.75, 3.05) is 0 Å². The molecule has 2 heterocycles. The molecule has 0 aliphatic heterocycles. The molecule has 0 aliphatic rings. The van der Waals surface area contributed by atoms with E-state index in [4.69, 9.17) is 5.11 Å². The molecule has 0 spiro atoms. The second-order valence-corrected chi connectivity index (χ2v) is 6.79. The number of fused-ring (bicyclic) bond motifs is 1. The highest BCUT2D eigenvalue weighted by atomic mass is 32.2. The van der Waals surface area contributed by atoms with Crippen molar-refractivity contribution in [2.45, 2.75) is 25.0 Å². The number of benzene rings is 1. The molecule has 0 bridgehead atoms. The van der Waals surface area contributed by atoms with E-state index in [0.717, 1.165) is 28.2 Å². The fourth-order valence-corrected chi connectivity index (χ4v) is 3.55. The number of pyridine rings is 1. The summed E-state index contributed by atoms with van der Waals surface area (Å²) in [6.07, 6.45) is 1.96. The highest BCUT2D eigenvalue weighted by Gasteiger charge is 2.08. The van der Waals surface area contributed by atoms with Gasteiger partial charge in [0, 0.05) is 28.4 Å². The number of rotatable bonds is 5. The van der Waals surface area contributed by atoms with E-state index in [9.17, 15) is 4.21 Å². The Balaban J connectivity index is 1.71. The molecule has 1 unspecified atom stereocenters. The molecule has 22 heavy (non-hydrogen) atoms. The van der Waals surface area contributed by atoms with Crippen LogP contribution < -0.4 is 0 Å². The van der Waals surface area contributed by atoms with Crippen molar-refractivity contribution < 1.29 is 9.32 Å². The summed E-state index contributed by atoms with van der Waals surface area (Å²) in [6.45, 7) is 2.06. The molecule has 3 rings (SSSR count). The molecule has 0 amide bonds. The maximum atomic E-state index is 12.3.